The molecular weight excluding hydrogens is 416 g/mol. The van der Waals surface area contributed by atoms with Crippen LogP contribution in [0.5, 0.6) is 11.5 Å². The first kappa shape index (κ1) is 24.5. The highest BCUT2D eigenvalue weighted by Crippen LogP contribution is 2.34. The summed E-state index contributed by atoms with van der Waals surface area (Å²) in [5.41, 5.74) is 9.73. The number of allylic oxidation sites excluding steroid dienone is 1. The lowest BCUT2D eigenvalue weighted by Crippen LogP contribution is -2.39. The standard InChI is InChI=1S/C26H36N4O3/c1-8-11-17(2)33-22-15-14-19(26(4,5)6)16-20(22)27-25(31)24-18(3)30(29-28-24)21-12-9-10-13-23(21)32-7/h9-10,12-17,28-29H,8,11H2,1-7H3,(H,27,31). The summed E-state index contributed by atoms with van der Waals surface area (Å²) >= 11 is 0. The summed E-state index contributed by atoms with van der Waals surface area (Å²) in [6, 6.07) is 13.6. The molecule has 33 heavy (non-hydrogen) atoms. The molecule has 0 saturated carbocycles. The molecule has 3 N–H and O–H groups in total. The van der Waals surface area contributed by atoms with E-state index in [9.17, 15) is 4.79 Å². The van der Waals surface area contributed by atoms with E-state index < -0.39 is 0 Å². The minimum Gasteiger partial charge on any atom is -0.495 e. The van der Waals surface area contributed by atoms with Gasteiger partial charge in [0, 0.05) is 0 Å². The topological polar surface area (TPSA) is 74.9 Å². The summed E-state index contributed by atoms with van der Waals surface area (Å²) in [5, 5.41) is 4.85. The van der Waals surface area contributed by atoms with Crippen molar-refractivity contribution >= 4 is 17.3 Å². The maximum Gasteiger partial charge on any atom is 0.275 e. The maximum atomic E-state index is 13.3. The van der Waals surface area contributed by atoms with Gasteiger partial charge in [0.25, 0.3) is 5.91 Å². The predicted octanol–water partition coefficient (Wildman–Crippen LogP) is 5.26. The van der Waals surface area contributed by atoms with Crippen LogP contribution in [0.1, 0.15) is 59.9 Å². The maximum absolute atomic E-state index is 13.3. The van der Waals surface area contributed by atoms with Gasteiger partial charge >= 0.3 is 0 Å². The minimum atomic E-state index is -0.253. The van der Waals surface area contributed by atoms with E-state index in [1.165, 1.54) is 0 Å². The van der Waals surface area contributed by atoms with Gasteiger partial charge in [-0.2, -0.15) is 0 Å². The summed E-state index contributed by atoms with van der Waals surface area (Å²) in [5.74, 6) is 1.12. The Morgan fingerprint density at radius 2 is 1.88 bits per heavy atom. The van der Waals surface area contributed by atoms with Gasteiger partial charge in [-0.3, -0.25) is 15.2 Å². The number of carbonyl (C=O) groups is 1. The van der Waals surface area contributed by atoms with E-state index in [0.717, 1.165) is 29.8 Å². The highest BCUT2D eigenvalue weighted by molar-refractivity contribution is 6.05. The lowest BCUT2D eigenvalue weighted by molar-refractivity contribution is -0.113. The van der Waals surface area contributed by atoms with E-state index in [1.54, 1.807) is 12.1 Å². The van der Waals surface area contributed by atoms with Crippen LogP contribution in [0.25, 0.3) is 0 Å². The molecule has 0 fully saturated rings. The van der Waals surface area contributed by atoms with Crippen LogP contribution in [0, 0.1) is 0 Å². The number of ether oxygens (including phenoxy) is 2. The summed E-state index contributed by atoms with van der Waals surface area (Å²) < 4.78 is 11.6. The molecule has 178 valence electrons. The van der Waals surface area contributed by atoms with Gasteiger partial charge < -0.3 is 14.8 Å². The first-order chi connectivity index (χ1) is 15.7. The van der Waals surface area contributed by atoms with E-state index in [-0.39, 0.29) is 17.4 Å². The zero-order valence-electron chi connectivity index (χ0n) is 20.7. The zero-order valence-corrected chi connectivity index (χ0v) is 20.7. The van der Waals surface area contributed by atoms with Gasteiger partial charge in [-0.15, -0.1) is 5.53 Å². The number of hydrogen-bond acceptors (Lipinski definition) is 6. The number of anilines is 2. The Hall–Kier alpha value is -3.19. The normalized spacial score (nSPS) is 14.7. The summed E-state index contributed by atoms with van der Waals surface area (Å²) in [4.78, 5) is 13.3. The van der Waals surface area contributed by atoms with Crippen molar-refractivity contribution in [1.29, 1.82) is 0 Å². The van der Waals surface area contributed by atoms with Crippen LogP contribution in [-0.4, -0.2) is 19.1 Å². The number of nitrogens with zero attached hydrogens (tertiary/aromatic N) is 1. The van der Waals surface area contributed by atoms with E-state index in [2.05, 4.69) is 50.0 Å². The Balaban J connectivity index is 1.90. The number of benzene rings is 2. The van der Waals surface area contributed by atoms with Crippen LogP contribution in [-0.2, 0) is 10.2 Å². The molecule has 0 radical (unpaired) electrons. The van der Waals surface area contributed by atoms with E-state index >= 15 is 0 Å². The average molecular weight is 453 g/mol. The Kier molecular flexibility index (Phi) is 7.53. The Morgan fingerprint density at radius 1 is 1.15 bits per heavy atom. The molecule has 3 rings (SSSR count). The third kappa shape index (κ3) is 5.60. The number of carbonyl (C=O) groups excluding carboxylic acids is 1. The van der Waals surface area contributed by atoms with Crippen LogP contribution in [0.4, 0.5) is 11.4 Å². The first-order valence-corrected chi connectivity index (χ1v) is 11.4. The monoisotopic (exact) mass is 452 g/mol. The van der Waals surface area contributed by atoms with Gasteiger partial charge in [0.05, 0.1) is 24.6 Å². The summed E-state index contributed by atoms with van der Waals surface area (Å²) in [6.07, 6.45) is 2.03. The molecule has 1 unspecified atom stereocenters. The van der Waals surface area contributed by atoms with Crippen LogP contribution < -0.4 is 30.8 Å². The lowest BCUT2D eigenvalue weighted by Gasteiger charge is -2.23. The SMILES string of the molecule is CCCC(C)Oc1ccc(C(C)(C)C)cc1NC(=O)C1=C(C)N(c2ccccc2OC)NN1. The number of amides is 1. The number of hydrazine groups is 2. The Bertz CT molecular complexity index is 1030. The fraction of sp³-hybridized carbons (Fsp3) is 0.423. The summed E-state index contributed by atoms with van der Waals surface area (Å²) in [6.45, 7) is 12.5. The smallest absolute Gasteiger partial charge is 0.275 e. The second-order valence-electron chi connectivity index (χ2n) is 9.34. The van der Waals surface area contributed by atoms with Crippen molar-refractivity contribution in [3.8, 4) is 11.5 Å². The second kappa shape index (κ2) is 10.2. The van der Waals surface area contributed by atoms with Gasteiger partial charge in [0.2, 0.25) is 0 Å². The van der Waals surface area contributed by atoms with Crippen molar-refractivity contribution < 1.29 is 14.3 Å². The van der Waals surface area contributed by atoms with E-state index in [1.807, 2.05) is 50.2 Å². The van der Waals surface area contributed by atoms with Crippen LogP contribution >= 0.6 is 0 Å². The summed E-state index contributed by atoms with van der Waals surface area (Å²) in [7, 11) is 1.62. The predicted molar refractivity (Wildman–Crippen MR) is 133 cm³/mol. The molecule has 1 aliphatic rings. The molecule has 0 aromatic heterocycles. The highest BCUT2D eigenvalue weighted by Gasteiger charge is 2.27. The molecule has 0 aliphatic carbocycles. The molecule has 1 aliphatic heterocycles. The second-order valence-corrected chi connectivity index (χ2v) is 9.34. The highest BCUT2D eigenvalue weighted by atomic mass is 16.5. The molecule has 0 saturated heterocycles. The Morgan fingerprint density at radius 3 is 2.55 bits per heavy atom. The van der Waals surface area contributed by atoms with Gasteiger partial charge in [-0.05, 0) is 55.5 Å². The quantitative estimate of drug-likeness (QED) is 0.507. The molecule has 1 atom stereocenters. The van der Waals surface area contributed by atoms with Crippen molar-refractivity contribution in [2.24, 2.45) is 0 Å². The molecule has 0 spiro atoms. The number of nitrogens with one attached hydrogen (secondary N) is 3. The molecule has 0 bridgehead atoms. The number of para-hydroxylation sites is 2. The fourth-order valence-electron chi connectivity index (χ4n) is 3.74. The molecule has 2 aromatic carbocycles. The van der Waals surface area contributed by atoms with Gasteiger partial charge in [-0.1, -0.05) is 52.3 Å². The van der Waals surface area contributed by atoms with Crippen LogP contribution in [0.2, 0.25) is 0 Å². The van der Waals surface area contributed by atoms with Gasteiger partial charge in [0.1, 0.15) is 22.9 Å². The van der Waals surface area contributed by atoms with Gasteiger partial charge in [0.15, 0.2) is 0 Å². The third-order valence-electron chi connectivity index (χ3n) is 5.66. The van der Waals surface area contributed by atoms with Crippen LogP contribution in [0.3, 0.4) is 0 Å². The van der Waals surface area contributed by atoms with Crippen molar-refractivity contribution in [1.82, 2.24) is 11.0 Å². The first-order valence-electron chi connectivity index (χ1n) is 11.4. The fourth-order valence-corrected chi connectivity index (χ4v) is 3.74. The average Bonchev–Trinajstić information content (AvgIpc) is 3.15. The largest absolute Gasteiger partial charge is 0.495 e. The van der Waals surface area contributed by atoms with Crippen molar-refractivity contribution in [3.63, 3.8) is 0 Å². The number of hydrogen-bond donors (Lipinski definition) is 3. The zero-order chi connectivity index (χ0) is 24.2. The molecule has 7 heteroatoms. The molecule has 2 aromatic rings. The molecular formula is C26H36N4O3. The van der Waals surface area contributed by atoms with Crippen molar-refractivity contribution in [2.75, 3.05) is 17.4 Å². The lowest BCUT2D eigenvalue weighted by atomic mass is 9.87. The number of methoxy groups -OCH3 is 1. The molecule has 7 nitrogen and oxygen atoms in total. The third-order valence-corrected chi connectivity index (χ3v) is 5.66. The minimum absolute atomic E-state index is 0.0550. The van der Waals surface area contributed by atoms with Crippen molar-refractivity contribution in [3.05, 3.63) is 59.4 Å². The van der Waals surface area contributed by atoms with Crippen molar-refractivity contribution in [2.45, 2.75) is 65.9 Å². The Labute approximate surface area is 197 Å². The van der Waals surface area contributed by atoms with Crippen LogP contribution in [0.15, 0.2) is 53.9 Å². The van der Waals surface area contributed by atoms with E-state index in [4.69, 9.17) is 9.47 Å². The number of rotatable bonds is 8. The van der Waals surface area contributed by atoms with E-state index in [0.29, 0.717) is 22.9 Å². The molecule has 1 heterocycles. The molecule has 1 amide bonds. The van der Waals surface area contributed by atoms with Gasteiger partial charge in [-0.25, -0.2) is 0 Å².